The molecule has 1 aromatic carbocycles. The first-order valence-electron chi connectivity index (χ1n) is 12.1. The monoisotopic (exact) mass is 480 g/mol. The summed E-state index contributed by atoms with van der Waals surface area (Å²) in [7, 11) is 3.44. The first kappa shape index (κ1) is 23.4. The number of nitrogens with zero attached hydrogens (tertiary/aromatic N) is 5. The standard InChI is InChI=1S/C26H30F2N6O/c1-15(17-8-7-9-21-18(17)10-11-26(21,27)28)29-22-19-14-20(25(35)33(3)4)24(34-12-5-6-13-34)32-23(19)31-16(2)30-22/h7-9,14-15H,5-6,10-13H2,1-4H3,(H,29,30,31,32)/t15-/m1/s1. The Labute approximate surface area is 203 Å². The molecule has 1 atom stereocenters. The molecule has 1 aliphatic carbocycles. The second kappa shape index (κ2) is 8.70. The molecule has 0 saturated carbocycles. The number of rotatable bonds is 5. The van der Waals surface area contributed by atoms with E-state index in [0.717, 1.165) is 31.5 Å². The van der Waals surface area contributed by atoms with E-state index in [1.807, 2.05) is 19.1 Å². The van der Waals surface area contributed by atoms with E-state index in [4.69, 9.17) is 4.98 Å². The Balaban J connectivity index is 1.59. The summed E-state index contributed by atoms with van der Waals surface area (Å²) in [5.74, 6) is -1.20. The fraction of sp³-hybridized carbons (Fsp3) is 0.462. The van der Waals surface area contributed by atoms with Crippen molar-refractivity contribution in [1.29, 1.82) is 0 Å². The van der Waals surface area contributed by atoms with Gasteiger partial charge in [-0.15, -0.1) is 0 Å². The van der Waals surface area contributed by atoms with E-state index in [1.165, 1.54) is 6.07 Å². The van der Waals surface area contributed by atoms with Gasteiger partial charge in [0.25, 0.3) is 11.8 Å². The highest BCUT2D eigenvalue weighted by Crippen LogP contribution is 2.44. The van der Waals surface area contributed by atoms with E-state index in [1.54, 1.807) is 32.0 Å². The Bertz CT molecular complexity index is 1300. The molecule has 3 heterocycles. The van der Waals surface area contributed by atoms with Gasteiger partial charge in [-0.25, -0.2) is 23.7 Å². The van der Waals surface area contributed by atoms with Gasteiger partial charge in [0, 0.05) is 39.2 Å². The van der Waals surface area contributed by atoms with E-state index in [9.17, 15) is 13.6 Å². The summed E-state index contributed by atoms with van der Waals surface area (Å²) in [6, 6.07) is 6.63. The number of amides is 1. The minimum absolute atomic E-state index is 0.114. The van der Waals surface area contributed by atoms with Crippen LogP contribution in [0.1, 0.15) is 65.1 Å². The first-order valence-corrected chi connectivity index (χ1v) is 12.1. The van der Waals surface area contributed by atoms with Crippen LogP contribution < -0.4 is 10.2 Å². The Kier molecular flexibility index (Phi) is 5.81. The molecule has 1 saturated heterocycles. The normalized spacial score (nSPS) is 17.5. The highest BCUT2D eigenvalue weighted by atomic mass is 19.3. The fourth-order valence-corrected chi connectivity index (χ4v) is 5.16. The van der Waals surface area contributed by atoms with Crippen molar-refractivity contribution in [3.63, 3.8) is 0 Å². The van der Waals surface area contributed by atoms with Gasteiger partial charge >= 0.3 is 0 Å². The third-order valence-corrected chi connectivity index (χ3v) is 6.94. The number of nitrogens with one attached hydrogen (secondary N) is 1. The number of pyridine rings is 1. The second-order valence-corrected chi connectivity index (χ2v) is 9.69. The summed E-state index contributed by atoms with van der Waals surface area (Å²) in [6.45, 7) is 5.43. The number of carbonyl (C=O) groups excluding carboxylic acids is 1. The summed E-state index contributed by atoms with van der Waals surface area (Å²) < 4.78 is 28.7. The third-order valence-electron chi connectivity index (χ3n) is 6.94. The Morgan fingerprint density at radius 2 is 1.91 bits per heavy atom. The molecule has 35 heavy (non-hydrogen) atoms. The van der Waals surface area contributed by atoms with Gasteiger partial charge in [0.05, 0.1) is 17.0 Å². The van der Waals surface area contributed by atoms with Crippen molar-refractivity contribution in [1.82, 2.24) is 19.9 Å². The maximum atomic E-state index is 14.3. The quantitative estimate of drug-likeness (QED) is 0.563. The number of carbonyl (C=O) groups is 1. The van der Waals surface area contributed by atoms with Crippen LogP contribution in [-0.4, -0.2) is 52.9 Å². The minimum atomic E-state index is -2.79. The lowest BCUT2D eigenvalue weighted by Gasteiger charge is -2.23. The van der Waals surface area contributed by atoms with Crippen LogP contribution in [0.15, 0.2) is 24.3 Å². The molecule has 0 spiro atoms. The van der Waals surface area contributed by atoms with Crippen LogP contribution in [0.4, 0.5) is 20.4 Å². The fourth-order valence-electron chi connectivity index (χ4n) is 5.16. The highest BCUT2D eigenvalue weighted by molar-refractivity contribution is 6.03. The van der Waals surface area contributed by atoms with Crippen molar-refractivity contribution in [2.24, 2.45) is 0 Å². The summed E-state index contributed by atoms with van der Waals surface area (Å²) in [6.07, 6.45) is 2.29. The maximum absolute atomic E-state index is 14.3. The molecule has 0 unspecified atom stereocenters. The van der Waals surface area contributed by atoms with Gasteiger partial charge in [0.1, 0.15) is 17.5 Å². The largest absolute Gasteiger partial charge is 0.363 e. The molecule has 3 aromatic rings. The van der Waals surface area contributed by atoms with E-state index in [-0.39, 0.29) is 23.9 Å². The maximum Gasteiger partial charge on any atom is 0.273 e. The Morgan fingerprint density at radius 3 is 2.63 bits per heavy atom. The van der Waals surface area contributed by atoms with Crippen molar-refractivity contribution >= 4 is 28.6 Å². The molecular weight excluding hydrogens is 450 g/mol. The van der Waals surface area contributed by atoms with Crippen LogP contribution in [0.2, 0.25) is 0 Å². The lowest BCUT2D eigenvalue weighted by molar-refractivity contribution is -0.00185. The molecule has 184 valence electrons. The van der Waals surface area contributed by atoms with Gasteiger partial charge < -0.3 is 15.1 Å². The number of anilines is 2. The van der Waals surface area contributed by atoms with Crippen LogP contribution in [0.3, 0.4) is 0 Å². The van der Waals surface area contributed by atoms with Crippen LogP contribution in [0.25, 0.3) is 11.0 Å². The van der Waals surface area contributed by atoms with Crippen LogP contribution in [-0.2, 0) is 12.3 Å². The van der Waals surface area contributed by atoms with Crippen molar-refractivity contribution in [3.05, 3.63) is 52.3 Å². The lowest BCUT2D eigenvalue weighted by Crippen LogP contribution is -2.28. The van der Waals surface area contributed by atoms with Crippen molar-refractivity contribution in [3.8, 4) is 0 Å². The minimum Gasteiger partial charge on any atom is -0.363 e. The van der Waals surface area contributed by atoms with Gasteiger partial charge in [-0.05, 0) is 50.3 Å². The molecule has 2 aliphatic rings. The van der Waals surface area contributed by atoms with E-state index >= 15 is 0 Å². The number of halogens is 2. The molecule has 9 heteroatoms. The van der Waals surface area contributed by atoms with Gasteiger partial charge in [0.2, 0.25) is 0 Å². The average Bonchev–Trinajstić information content (AvgIpc) is 3.46. The molecule has 5 rings (SSSR count). The van der Waals surface area contributed by atoms with Crippen LogP contribution in [0.5, 0.6) is 0 Å². The summed E-state index contributed by atoms with van der Waals surface area (Å²) >= 11 is 0. The predicted octanol–water partition coefficient (Wildman–Crippen LogP) is 4.85. The smallest absolute Gasteiger partial charge is 0.273 e. The average molecular weight is 481 g/mol. The number of aryl methyl sites for hydroxylation is 1. The van der Waals surface area contributed by atoms with Gasteiger partial charge in [0.15, 0.2) is 5.65 Å². The molecule has 2 aromatic heterocycles. The molecule has 0 bridgehead atoms. The topological polar surface area (TPSA) is 74.2 Å². The zero-order valence-corrected chi connectivity index (χ0v) is 20.5. The summed E-state index contributed by atoms with van der Waals surface area (Å²) in [5, 5.41) is 4.04. The number of aromatic nitrogens is 3. The van der Waals surface area contributed by atoms with Crippen molar-refractivity contribution in [2.45, 2.75) is 51.5 Å². The second-order valence-electron chi connectivity index (χ2n) is 9.69. The van der Waals surface area contributed by atoms with Gasteiger partial charge in [-0.2, -0.15) is 0 Å². The number of alkyl halides is 2. The summed E-state index contributed by atoms with van der Waals surface area (Å²) in [4.78, 5) is 30.8. The highest BCUT2D eigenvalue weighted by Gasteiger charge is 2.40. The number of hydrogen-bond acceptors (Lipinski definition) is 6. The van der Waals surface area contributed by atoms with E-state index < -0.39 is 5.92 Å². The van der Waals surface area contributed by atoms with Crippen molar-refractivity contribution < 1.29 is 13.6 Å². The van der Waals surface area contributed by atoms with Gasteiger partial charge in [-0.1, -0.05) is 18.2 Å². The molecule has 1 aliphatic heterocycles. The molecule has 1 N–H and O–H groups in total. The van der Waals surface area contributed by atoms with E-state index in [0.29, 0.717) is 46.0 Å². The third kappa shape index (κ3) is 4.17. The van der Waals surface area contributed by atoms with Gasteiger partial charge in [-0.3, -0.25) is 4.79 Å². The van der Waals surface area contributed by atoms with E-state index in [2.05, 4.69) is 20.2 Å². The predicted molar refractivity (Wildman–Crippen MR) is 132 cm³/mol. The molecule has 0 radical (unpaired) electrons. The molecule has 7 nitrogen and oxygen atoms in total. The zero-order chi connectivity index (χ0) is 24.9. The molecular formula is C26H30F2N6O. The first-order chi connectivity index (χ1) is 16.7. The van der Waals surface area contributed by atoms with Crippen LogP contribution >= 0.6 is 0 Å². The molecule has 1 amide bonds. The number of hydrogen-bond donors (Lipinski definition) is 1. The SMILES string of the molecule is Cc1nc(N[C@H](C)c2cccc3c2CCC3(F)F)c2cc(C(=O)N(C)C)c(N3CCCC3)nc2n1. The summed E-state index contributed by atoms with van der Waals surface area (Å²) in [5.41, 5.74) is 2.66. The van der Waals surface area contributed by atoms with Crippen molar-refractivity contribution in [2.75, 3.05) is 37.4 Å². The zero-order valence-electron chi connectivity index (χ0n) is 20.5. The Morgan fingerprint density at radius 1 is 1.17 bits per heavy atom. The molecule has 1 fully saturated rings. The number of fused-ring (bicyclic) bond motifs is 2. The lowest BCUT2D eigenvalue weighted by atomic mass is 9.97. The number of benzene rings is 1. The Hall–Kier alpha value is -3.36. The van der Waals surface area contributed by atoms with Crippen LogP contribution in [0, 0.1) is 6.92 Å².